The van der Waals surface area contributed by atoms with Crippen molar-refractivity contribution in [2.24, 2.45) is 17.3 Å². The summed E-state index contributed by atoms with van der Waals surface area (Å²) in [6.45, 7) is 7.86. The fourth-order valence-electron chi connectivity index (χ4n) is 2.51. The van der Waals surface area contributed by atoms with Gasteiger partial charge in [0.2, 0.25) is 0 Å². The average molecular weight is 215 g/mol. The van der Waals surface area contributed by atoms with E-state index < -0.39 is 10.8 Å². The Morgan fingerprint density at radius 2 is 2.00 bits per heavy atom. The van der Waals surface area contributed by atoms with Gasteiger partial charge in [0.05, 0.1) is 0 Å². The highest BCUT2D eigenvalue weighted by Gasteiger charge is 2.50. The topological polar surface area (TPSA) is 29.1 Å². The molecule has 2 fully saturated rings. The lowest BCUT2D eigenvalue weighted by Crippen LogP contribution is -2.36. The van der Waals surface area contributed by atoms with Crippen LogP contribution in [0.5, 0.6) is 0 Å². The second-order valence-corrected chi connectivity index (χ2v) is 7.24. The van der Waals surface area contributed by atoms with E-state index in [1.807, 2.05) is 0 Å². The molecule has 1 aliphatic carbocycles. The molecule has 4 atom stereocenters. The van der Waals surface area contributed by atoms with Gasteiger partial charge in [-0.05, 0) is 30.2 Å². The van der Waals surface area contributed by atoms with E-state index in [0.29, 0.717) is 17.4 Å². The summed E-state index contributed by atoms with van der Waals surface area (Å²) in [5.74, 6) is 3.09. The second-order valence-electron chi connectivity index (χ2n) is 5.69. The molecule has 0 aromatic rings. The molecule has 1 saturated heterocycles. The minimum absolute atomic E-state index is 0.495. The zero-order valence-electron chi connectivity index (χ0n) is 9.38. The van der Waals surface area contributed by atoms with Gasteiger partial charge in [-0.3, -0.25) is 4.21 Å². The summed E-state index contributed by atoms with van der Waals surface area (Å²) < 4.78 is 11.7. The molecule has 2 rings (SSSR count). The van der Waals surface area contributed by atoms with Crippen molar-refractivity contribution < 1.29 is 4.21 Å². The summed E-state index contributed by atoms with van der Waals surface area (Å²) in [6, 6.07) is 0.510. The van der Waals surface area contributed by atoms with Crippen LogP contribution < -0.4 is 5.32 Å². The predicted molar refractivity (Wildman–Crippen MR) is 60.7 cm³/mol. The van der Waals surface area contributed by atoms with Gasteiger partial charge in [-0.15, -0.1) is 0 Å². The quantitative estimate of drug-likeness (QED) is 0.716. The van der Waals surface area contributed by atoms with E-state index >= 15 is 0 Å². The third kappa shape index (κ3) is 2.19. The van der Waals surface area contributed by atoms with Crippen LogP contribution in [0.3, 0.4) is 0 Å². The molecule has 2 nitrogen and oxygen atoms in total. The van der Waals surface area contributed by atoms with Gasteiger partial charge in [-0.1, -0.05) is 20.8 Å². The maximum absolute atomic E-state index is 11.7. The van der Waals surface area contributed by atoms with Crippen molar-refractivity contribution in [3.8, 4) is 0 Å². The summed E-state index contributed by atoms with van der Waals surface area (Å²) in [6.07, 6.45) is 1.30. The Labute approximate surface area is 89.3 Å². The molecule has 0 radical (unpaired) electrons. The molecule has 14 heavy (non-hydrogen) atoms. The fourth-order valence-corrected chi connectivity index (χ4v) is 4.15. The Hall–Kier alpha value is 0.110. The standard InChI is InChI=1S/C11H21NOS/c1-8-5-12-10(7-14(13)6-8)9-4-11(9,2)3/h8-10,12H,4-7H2,1-3H3. The summed E-state index contributed by atoms with van der Waals surface area (Å²) >= 11 is 0. The highest BCUT2D eigenvalue weighted by Crippen LogP contribution is 2.53. The van der Waals surface area contributed by atoms with E-state index in [1.54, 1.807) is 0 Å². The molecule has 4 unspecified atom stereocenters. The lowest BCUT2D eigenvalue weighted by atomic mass is 10.0. The maximum Gasteiger partial charge on any atom is 0.0391 e. The van der Waals surface area contributed by atoms with Gasteiger partial charge in [0.15, 0.2) is 0 Å². The minimum Gasteiger partial charge on any atom is -0.312 e. The van der Waals surface area contributed by atoms with Crippen LogP contribution in [-0.4, -0.2) is 28.3 Å². The highest BCUT2D eigenvalue weighted by molar-refractivity contribution is 7.85. The van der Waals surface area contributed by atoms with Crippen molar-refractivity contribution in [3.05, 3.63) is 0 Å². The van der Waals surface area contributed by atoms with Gasteiger partial charge >= 0.3 is 0 Å². The Kier molecular flexibility index (Phi) is 2.73. The van der Waals surface area contributed by atoms with Crippen molar-refractivity contribution >= 4 is 10.8 Å². The normalized spacial score (nSPS) is 47.1. The molecule has 0 amide bonds. The lowest BCUT2D eigenvalue weighted by Gasteiger charge is -2.17. The largest absolute Gasteiger partial charge is 0.312 e. The second kappa shape index (κ2) is 3.60. The van der Waals surface area contributed by atoms with Crippen molar-refractivity contribution in [2.75, 3.05) is 18.1 Å². The summed E-state index contributed by atoms with van der Waals surface area (Å²) in [4.78, 5) is 0. The molecule has 1 saturated carbocycles. The SMILES string of the molecule is CC1CNC(C2CC2(C)C)CS(=O)C1. The Bertz CT molecular complexity index is 252. The van der Waals surface area contributed by atoms with E-state index in [-0.39, 0.29) is 0 Å². The van der Waals surface area contributed by atoms with Crippen molar-refractivity contribution in [2.45, 2.75) is 33.2 Å². The molecule has 1 heterocycles. The minimum atomic E-state index is -0.594. The molecule has 0 spiro atoms. The fraction of sp³-hybridized carbons (Fsp3) is 1.00. The van der Waals surface area contributed by atoms with Crippen molar-refractivity contribution in [1.29, 1.82) is 0 Å². The Morgan fingerprint density at radius 1 is 1.36 bits per heavy atom. The van der Waals surface area contributed by atoms with E-state index in [2.05, 4.69) is 26.1 Å². The van der Waals surface area contributed by atoms with Crippen molar-refractivity contribution in [1.82, 2.24) is 5.32 Å². The third-order valence-corrected chi connectivity index (χ3v) is 5.31. The Morgan fingerprint density at radius 3 is 2.57 bits per heavy atom. The van der Waals surface area contributed by atoms with Crippen LogP contribution in [0.25, 0.3) is 0 Å². The van der Waals surface area contributed by atoms with Gasteiger partial charge in [0, 0.05) is 28.3 Å². The molecule has 0 aromatic carbocycles. The monoisotopic (exact) mass is 215 g/mol. The van der Waals surface area contributed by atoms with Gasteiger partial charge in [-0.2, -0.15) is 0 Å². The zero-order chi connectivity index (χ0) is 10.3. The lowest BCUT2D eigenvalue weighted by molar-refractivity contribution is 0.418. The first kappa shape index (κ1) is 10.6. The molecular weight excluding hydrogens is 194 g/mol. The van der Waals surface area contributed by atoms with Gasteiger partial charge in [0.1, 0.15) is 0 Å². The van der Waals surface area contributed by atoms with Crippen LogP contribution in [0.15, 0.2) is 0 Å². The summed E-state index contributed by atoms with van der Waals surface area (Å²) in [5.41, 5.74) is 0.495. The van der Waals surface area contributed by atoms with E-state index in [4.69, 9.17) is 0 Å². The van der Waals surface area contributed by atoms with E-state index in [1.165, 1.54) is 6.42 Å². The summed E-state index contributed by atoms with van der Waals surface area (Å²) in [5, 5.41) is 3.59. The van der Waals surface area contributed by atoms with Gasteiger partial charge in [0.25, 0.3) is 0 Å². The smallest absolute Gasteiger partial charge is 0.0391 e. The molecule has 0 aromatic heterocycles. The number of hydrogen-bond donors (Lipinski definition) is 1. The molecular formula is C11H21NOS. The number of rotatable bonds is 1. The average Bonchev–Trinajstić information content (AvgIpc) is 2.70. The maximum atomic E-state index is 11.7. The summed E-state index contributed by atoms with van der Waals surface area (Å²) in [7, 11) is -0.594. The van der Waals surface area contributed by atoms with Crippen LogP contribution in [0, 0.1) is 17.3 Å². The molecule has 0 bridgehead atoms. The van der Waals surface area contributed by atoms with Gasteiger partial charge < -0.3 is 5.32 Å². The molecule has 1 aliphatic heterocycles. The molecule has 1 N–H and O–H groups in total. The van der Waals surface area contributed by atoms with Crippen LogP contribution >= 0.6 is 0 Å². The third-order valence-electron chi connectivity index (χ3n) is 3.64. The van der Waals surface area contributed by atoms with Crippen LogP contribution in [0.4, 0.5) is 0 Å². The number of nitrogens with one attached hydrogen (secondary N) is 1. The van der Waals surface area contributed by atoms with E-state index in [9.17, 15) is 4.21 Å². The van der Waals surface area contributed by atoms with Gasteiger partial charge in [-0.25, -0.2) is 0 Å². The first-order chi connectivity index (χ1) is 6.49. The first-order valence-electron chi connectivity index (χ1n) is 5.57. The highest BCUT2D eigenvalue weighted by atomic mass is 32.2. The van der Waals surface area contributed by atoms with Crippen LogP contribution in [-0.2, 0) is 10.8 Å². The Balaban J connectivity index is 1.97. The first-order valence-corrected chi connectivity index (χ1v) is 7.06. The molecule has 3 heteroatoms. The number of hydrogen-bond acceptors (Lipinski definition) is 2. The van der Waals surface area contributed by atoms with E-state index in [0.717, 1.165) is 24.0 Å². The van der Waals surface area contributed by atoms with Crippen LogP contribution in [0.1, 0.15) is 27.2 Å². The molecule has 2 aliphatic rings. The predicted octanol–water partition coefficient (Wildman–Crippen LogP) is 1.39. The van der Waals surface area contributed by atoms with Crippen LogP contribution in [0.2, 0.25) is 0 Å². The zero-order valence-corrected chi connectivity index (χ0v) is 10.2. The van der Waals surface area contributed by atoms with Crippen molar-refractivity contribution in [3.63, 3.8) is 0 Å². The molecule has 82 valence electrons.